The van der Waals surface area contributed by atoms with Gasteiger partial charge in [0.05, 0.1) is 18.5 Å². The third-order valence-corrected chi connectivity index (χ3v) is 4.30. The molecule has 0 heterocycles. The SMILES string of the molecule is CS(=O)(=O)N(Cc1ccccc1Cl)c1ccc(F)cc1. The smallest absolute Gasteiger partial charge is 0.232 e. The van der Waals surface area contributed by atoms with Crippen LogP contribution in [0.2, 0.25) is 5.02 Å². The molecule has 106 valence electrons. The lowest BCUT2D eigenvalue weighted by molar-refractivity contribution is 0.596. The monoisotopic (exact) mass is 313 g/mol. The van der Waals surface area contributed by atoms with Crippen molar-refractivity contribution < 1.29 is 12.8 Å². The number of sulfonamides is 1. The van der Waals surface area contributed by atoms with E-state index in [9.17, 15) is 12.8 Å². The van der Waals surface area contributed by atoms with Gasteiger partial charge in [-0.25, -0.2) is 12.8 Å². The largest absolute Gasteiger partial charge is 0.266 e. The fraction of sp³-hybridized carbons (Fsp3) is 0.143. The van der Waals surface area contributed by atoms with Crippen molar-refractivity contribution in [2.45, 2.75) is 6.54 Å². The Morgan fingerprint density at radius 1 is 1.10 bits per heavy atom. The molecule has 0 saturated heterocycles. The van der Waals surface area contributed by atoms with Gasteiger partial charge in [-0.2, -0.15) is 0 Å². The second-order valence-corrected chi connectivity index (χ2v) is 6.65. The van der Waals surface area contributed by atoms with E-state index in [1.54, 1.807) is 24.3 Å². The molecule has 0 amide bonds. The fourth-order valence-electron chi connectivity index (χ4n) is 1.79. The molecule has 0 aromatic heterocycles. The van der Waals surface area contributed by atoms with E-state index >= 15 is 0 Å². The summed E-state index contributed by atoms with van der Waals surface area (Å²) in [4.78, 5) is 0. The molecular formula is C14H13ClFNO2S. The topological polar surface area (TPSA) is 37.4 Å². The number of hydrogen-bond donors (Lipinski definition) is 0. The molecule has 0 N–H and O–H groups in total. The number of anilines is 1. The van der Waals surface area contributed by atoms with Gasteiger partial charge in [-0.3, -0.25) is 4.31 Å². The zero-order valence-corrected chi connectivity index (χ0v) is 12.3. The highest BCUT2D eigenvalue weighted by molar-refractivity contribution is 7.92. The molecule has 3 nitrogen and oxygen atoms in total. The fourth-order valence-corrected chi connectivity index (χ4v) is 2.86. The number of nitrogens with zero attached hydrogens (tertiary/aromatic N) is 1. The van der Waals surface area contributed by atoms with Gasteiger partial charge >= 0.3 is 0 Å². The first kappa shape index (κ1) is 14.8. The Morgan fingerprint density at radius 2 is 1.70 bits per heavy atom. The first-order chi connectivity index (χ1) is 9.38. The van der Waals surface area contributed by atoms with Gasteiger partial charge in [-0.05, 0) is 35.9 Å². The maximum Gasteiger partial charge on any atom is 0.232 e. The average Bonchev–Trinajstić information content (AvgIpc) is 2.38. The van der Waals surface area contributed by atoms with E-state index < -0.39 is 15.8 Å². The Labute approximate surface area is 122 Å². The molecule has 20 heavy (non-hydrogen) atoms. The van der Waals surface area contributed by atoms with Crippen molar-refractivity contribution in [1.82, 2.24) is 0 Å². The molecule has 2 aromatic rings. The highest BCUT2D eigenvalue weighted by atomic mass is 35.5. The third-order valence-electron chi connectivity index (χ3n) is 2.79. The van der Waals surface area contributed by atoms with Gasteiger partial charge in [0, 0.05) is 5.02 Å². The molecule has 0 radical (unpaired) electrons. The van der Waals surface area contributed by atoms with Gasteiger partial charge < -0.3 is 0 Å². The Kier molecular flexibility index (Phi) is 4.30. The molecule has 0 aliphatic rings. The summed E-state index contributed by atoms with van der Waals surface area (Å²) >= 11 is 6.05. The minimum absolute atomic E-state index is 0.101. The Bertz CT molecular complexity index is 701. The van der Waals surface area contributed by atoms with E-state index in [4.69, 9.17) is 11.6 Å². The molecule has 0 atom stereocenters. The highest BCUT2D eigenvalue weighted by Crippen LogP contribution is 2.24. The Balaban J connectivity index is 2.40. The van der Waals surface area contributed by atoms with E-state index in [0.29, 0.717) is 16.3 Å². The summed E-state index contributed by atoms with van der Waals surface area (Å²) in [6, 6.07) is 12.3. The van der Waals surface area contributed by atoms with E-state index in [2.05, 4.69) is 0 Å². The molecular weight excluding hydrogens is 301 g/mol. The molecule has 0 fully saturated rings. The van der Waals surface area contributed by atoms with Crippen LogP contribution in [0.3, 0.4) is 0 Å². The van der Waals surface area contributed by atoms with Gasteiger partial charge in [0.15, 0.2) is 0 Å². The first-order valence-corrected chi connectivity index (χ1v) is 8.07. The van der Waals surface area contributed by atoms with Crippen molar-refractivity contribution in [3.63, 3.8) is 0 Å². The molecule has 0 unspecified atom stereocenters. The number of rotatable bonds is 4. The van der Waals surface area contributed by atoms with Crippen LogP contribution in [-0.4, -0.2) is 14.7 Å². The van der Waals surface area contributed by atoms with Crippen molar-refractivity contribution in [1.29, 1.82) is 0 Å². The van der Waals surface area contributed by atoms with Gasteiger partial charge in [0.2, 0.25) is 10.0 Å². The average molecular weight is 314 g/mol. The summed E-state index contributed by atoms with van der Waals surface area (Å²) in [6.45, 7) is 0.101. The Morgan fingerprint density at radius 3 is 2.25 bits per heavy atom. The van der Waals surface area contributed by atoms with Gasteiger partial charge in [-0.1, -0.05) is 29.8 Å². The van der Waals surface area contributed by atoms with Crippen LogP contribution in [0.5, 0.6) is 0 Å². The van der Waals surface area contributed by atoms with Crippen LogP contribution in [0, 0.1) is 5.82 Å². The van der Waals surface area contributed by atoms with Crippen LogP contribution in [-0.2, 0) is 16.6 Å². The van der Waals surface area contributed by atoms with Gasteiger partial charge in [0.1, 0.15) is 5.82 Å². The zero-order chi connectivity index (χ0) is 14.8. The molecule has 0 bridgehead atoms. The van der Waals surface area contributed by atoms with Crippen LogP contribution < -0.4 is 4.31 Å². The molecule has 0 aliphatic carbocycles. The van der Waals surface area contributed by atoms with Crippen molar-refractivity contribution >= 4 is 27.3 Å². The maximum absolute atomic E-state index is 12.9. The lowest BCUT2D eigenvalue weighted by Crippen LogP contribution is -2.29. The lowest BCUT2D eigenvalue weighted by Gasteiger charge is -2.23. The van der Waals surface area contributed by atoms with Gasteiger partial charge in [0.25, 0.3) is 0 Å². The summed E-state index contributed by atoms with van der Waals surface area (Å²) in [7, 11) is -3.49. The molecule has 0 aliphatic heterocycles. The van der Waals surface area contributed by atoms with Crippen molar-refractivity contribution in [2.75, 3.05) is 10.6 Å². The Hall–Kier alpha value is -1.59. The van der Waals surface area contributed by atoms with E-state index in [0.717, 1.165) is 6.26 Å². The summed E-state index contributed by atoms with van der Waals surface area (Å²) in [5.74, 6) is -0.417. The number of hydrogen-bond acceptors (Lipinski definition) is 2. The minimum Gasteiger partial charge on any atom is -0.266 e. The summed E-state index contributed by atoms with van der Waals surface area (Å²) < 4.78 is 38.0. The van der Waals surface area contributed by atoms with E-state index in [1.807, 2.05) is 0 Å². The van der Waals surface area contributed by atoms with Crippen LogP contribution in [0.4, 0.5) is 10.1 Å². The van der Waals surface area contributed by atoms with Crippen LogP contribution >= 0.6 is 11.6 Å². The first-order valence-electron chi connectivity index (χ1n) is 5.84. The minimum atomic E-state index is -3.49. The molecule has 2 aromatic carbocycles. The lowest BCUT2D eigenvalue weighted by atomic mass is 10.2. The molecule has 0 spiro atoms. The van der Waals surface area contributed by atoms with Crippen molar-refractivity contribution in [3.8, 4) is 0 Å². The summed E-state index contributed by atoms with van der Waals surface area (Å²) in [5.41, 5.74) is 1.08. The van der Waals surface area contributed by atoms with Crippen LogP contribution in [0.1, 0.15) is 5.56 Å². The predicted octanol–water partition coefficient (Wildman–Crippen LogP) is 3.45. The standard InChI is InChI=1S/C14H13ClFNO2S/c1-20(18,19)17(13-8-6-12(16)7-9-13)10-11-4-2-3-5-14(11)15/h2-9H,10H2,1H3. The van der Waals surface area contributed by atoms with Crippen LogP contribution in [0.25, 0.3) is 0 Å². The maximum atomic E-state index is 12.9. The molecule has 2 rings (SSSR count). The zero-order valence-electron chi connectivity index (χ0n) is 10.8. The summed E-state index contributed by atoms with van der Waals surface area (Å²) in [5, 5.41) is 0.489. The predicted molar refractivity (Wildman–Crippen MR) is 78.9 cm³/mol. The molecule has 6 heteroatoms. The van der Waals surface area contributed by atoms with E-state index in [-0.39, 0.29) is 6.54 Å². The highest BCUT2D eigenvalue weighted by Gasteiger charge is 2.18. The quantitative estimate of drug-likeness (QED) is 0.867. The van der Waals surface area contributed by atoms with Crippen LogP contribution in [0.15, 0.2) is 48.5 Å². The third kappa shape index (κ3) is 3.49. The second-order valence-electron chi connectivity index (χ2n) is 4.34. The number of benzene rings is 2. The summed E-state index contributed by atoms with van der Waals surface area (Å²) in [6.07, 6.45) is 1.10. The van der Waals surface area contributed by atoms with Gasteiger partial charge in [-0.15, -0.1) is 0 Å². The number of halogens is 2. The second kappa shape index (κ2) is 5.81. The van der Waals surface area contributed by atoms with Crippen molar-refractivity contribution in [3.05, 3.63) is 64.9 Å². The van der Waals surface area contributed by atoms with Crippen molar-refractivity contribution in [2.24, 2.45) is 0 Å². The normalized spacial score (nSPS) is 11.3. The van der Waals surface area contributed by atoms with E-state index in [1.165, 1.54) is 28.6 Å². The molecule has 0 saturated carbocycles.